The summed E-state index contributed by atoms with van der Waals surface area (Å²) in [5.74, 6) is -0.358. The number of phenols is 1. The zero-order valence-corrected chi connectivity index (χ0v) is 23.7. The Bertz CT molecular complexity index is 2280. The summed E-state index contributed by atoms with van der Waals surface area (Å²) in [5.41, 5.74) is 7.36. The molecule has 5 aromatic rings. The van der Waals surface area contributed by atoms with Crippen LogP contribution in [0.4, 0.5) is 28.4 Å². The van der Waals surface area contributed by atoms with E-state index in [4.69, 9.17) is 11.0 Å². The van der Waals surface area contributed by atoms with Gasteiger partial charge in [0.05, 0.1) is 39.3 Å². The fraction of sp³-hybridized carbons (Fsp3) is 0.0357. The van der Waals surface area contributed by atoms with Crippen molar-refractivity contribution in [3.63, 3.8) is 0 Å². The summed E-state index contributed by atoms with van der Waals surface area (Å²) in [7, 11) is -9.18. The second-order valence-electron chi connectivity index (χ2n) is 9.32. The molecule has 15 heteroatoms. The van der Waals surface area contributed by atoms with Crippen LogP contribution in [-0.2, 0) is 20.2 Å². The quantitative estimate of drug-likeness (QED) is 0.0893. The van der Waals surface area contributed by atoms with E-state index in [0.29, 0.717) is 27.9 Å². The third-order valence-corrected chi connectivity index (χ3v) is 8.21. The lowest BCUT2D eigenvalue weighted by molar-refractivity contribution is 0.480. The molecule has 0 aliphatic carbocycles. The maximum atomic E-state index is 11.9. The predicted octanol–water partition coefficient (Wildman–Crippen LogP) is 6.79. The number of phenolic OH excluding ortho intramolecular Hbond substituents is 1. The fourth-order valence-electron chi connectivity index (χ4n) is 4.35. The Kier molecular flexibility index (Phi) is 7.38. The minimum atomic E-state index is -4.60. The first kappa shape index (κ1) is 29.2. The summed E-state index contributed by atoms with van der Waals surface area (Å²) in [6.45, 7) is 1.60. The van der Waals surface area contributed by atoms with Crippen LogP contribution in [-0.4, -0.2) is 31.0 Å². The van der Waals surface area contributed by atoms with Crippen molar-refractivity contribution in [2.24, 2.45) is 20.5 Å². The average Bonchev–Trinajstić information content (AvgIpc) is 2.95. The van der Waals surface area contributed by atoms with E-state index in [1.54, 1.807) is 37.3 Å². The molecule has 0 bridgehead atoms. The molecule has 0 radical (unpaired) electrons. The number of nitrogens with two attached hydrogens (primary N) is 1. The molecule has 5 N–H and O–H groups in total. The number of anilines is 1. The second kappa shape index (κ2) is 10.9. The Hall–Kier alpha value is -5.27. The molecule has 0 aliphatic rings. The monoisotopic (exact) mass is 616 g/mol. The lowest BCUT2D eigenvalue weighted by Crippen LogP contribution is -2.03. The molecule has 5 aromatic carbocycles. The molecule has 0 heterocycles. The van der Waals surface area contributed by atoms with Crippen LogP contribution in [0.3, 0.4) is 0 Å². The maximum Gasteiger partial charge on any atom is 0.296 e. The Balaban J connectivity index is 1.62. The minimum Gasteiger partial charge on any atom is -0.505 e. The number of azo groups is 2. The van der Waals surface area contributed by atoms with Crippen molar-refractivity contribution in [1.82, 2.24) is 0 Å². The fourth-order valence-corrected chi connectivity index (χ4v) is 5.49. The Morgan fingerprint density at radius 3 is 2.02 bits per heavy atom. The highest BCUT2D eigenvalue weighted by Crippen LogP contribution is 2.42. The van der Waals surface area contributed by atoms with Crippen LogP contribution in [0.5, 0.6) is 5.75 Å². The number of aryl methyl sites for hydroxylation is 1. The third kappa shape index (κ3) is 5.89. The van der Waals surface area contributed by atoms with Gasteiger partial charge in [0, 0.05) is 16.2 Å². The topological polar surface area (TPSA) is 228 Å². The summed E-state index contributed by atoms with van der Waals surface area (Å²) in [6.07, 6.45) is 0. The van der Waals surface area contributed by atoms with Crippen molar-refractivity contribution in [3.05, 3.63) is 83.9 Å². The van der Waals surface area contributed by atoms with Gasteiger partial charge in [0.15, 0.2) is 5.75 Å². The second-order valence-corrected chi connectivity index (χ2v) is 12.1. The number of benzene rings is 5. The molecule has 0 fully saturated rings. The first-order valence-corrected chi connectivity index (χ1v) is 15.1. The van der Waals surface area contributed by atoms with Gasteiger partial charge in [-0.2, -0.15) is 27.2 Å². The van der Waals surface area contributed by atoms with E-state index in [0.717, 1.165) is 6.07 Å². The molecule has 0 unspecified atom stereocenters. The van der Waals surface area contributed by atoms with Crippen molar-refractivity contribution in [2.45, 2.75) is 16.7 Å². The molecular weight excluding hydrogens is 596 g/mol. The number of hydrogen-bond donors (Lipinski definition) is 4. The van der Waals surface area contributed by atoms with Crippen LogP contribution >= 0.6 is 0 Å². The van der Waals surface area contributed by atoms with Crippen LogP contribution in [0.1, 0.15) is 11.1 Å². The number of hydrogen-bond acceptors (Lipinski definition) is 11. The first-order valence-electron chi connectivity index (χ1n) is 12.2. The molecule has 0 saturated carbocycles. The van der Waals surface area contributed by atoms with E-state index in [1.807, 2.05) is 6.07 Å². The average molecular weight is 617 g/mol. The highest BCUT2D eigenvalue weighted by atomic mass is 32.2. The number of fused-ring (bicyclic) bond motifs is 2. The minimum absolute atomic E-state index is 0.0233. The van der Waals surface area contributed by atoms with Gasteiger partial charge in [-0.3, -0.25) is 9.11 Å². The highest BCUT2D eigenvalue weighted by Gasteiger charge is 2.19. The summed E-state index contributed by atoms with van der Waals surface area (Å²) < 4.78 is 66.1. The normalized spacial score (nSPS) is 12.4. The third-order valence-electron chi connectivity index (χ3n) is 6.45. The number of rotatable bonds is 6. The van der Waals surface area contributed by atoms with Crippen molar-refractivity contribution in [1.29, 1.82) is 5.26 Å². The van der Waals surface area contributed by atoms with E-state index in [2.05, 4.69) is 20.5 Å². The lowest BCUT2D eigenvalue weighted by Gasteiger charge is -2.11. The van der Waals surface area contributed by atoms with Crippen molar-refractivity contribution in [2.75, 3.05) is 5.73 Å². The van der Waals surface area contributed by atoms with E-state index in [1.165, 1.54) is 36.4 Å². The van der Waals surface area contributed by atoms with Crippen LogP contribution in [0.25, 0.3) is 21.5 Å². The molecule has 13 nitrogen and oxygen atoms in total. The van der Waals surface area contributed by atoms with Gasteiger partial charge in [-0.25, -0.2) is 0 Å². The zero-order valence-electron chi connectivity index (χ0n) is 22.0. The van der Waals surface area contributed by atoms with Gasteiger partial charge in [-0.15, -0.1) is 15.3 Å². The number of nitrogen functional groups attached to an aromatic ring is 1. The van der Waals surface area contributed by atoms with Gasteiger partial charge in [0.1, 0.15) is 10.6 Å². The Morgan fingerprint density at radius 2 is 1.40 bits per heavy atom. The summed E-state index contributed by atoms with van der Waals surface area (Å²) in [5, 5.41) is 37.9. The molecule has 43 heavy (non-hydrogen) atoms. The number of nitriles is 1. The van der Waals surface area contributed by atoms with Crippen LogP contribution < -0.4 is 5.73 Å². The molecule has 0 amide bonds. The van der Waals surface area contributed by atoms with Gasteiger partial charge in [0.2, 0.25) is 0 Å². The van der Waals surface area contributed by atoms with Crippen LogP contribution in [0, 0.1) is 18.3 Å². The van der Waals surface area contributed by atoms with E-state index >= 15 is 0 Å². The molecule has 0 aromatic heterocycles. The smallest absolute Gasteiger partial charge is 0.296 e. The molecule has 0 saturated heterocycles. The lowest BCUT2D eigenvalue weighted by atomic mass is 10.0. The predicted molar refractivity (Wildman–Crippen MR) is 158 cm³/mol. The highest BCUT2D eigenvalue weighted by molar-refractivity contribution is 7.86. The standard InChI is InChI=1S/C28H20N6O7S2/c1-15-10-17-11-26(43(39,40)41)23(30)13-21(17)28(35)27(15)34-33-25-9-8-24(32-31-18-4-2-16(14-29)3-5-18)20-7-6-19(12-22(20)25)42(36,37)38/h2-13,35H,30H2,1H3,(H,36,37,38)(H,39,40,41). The van der Waals surface area contributed by atoms with Crippen molar-refractivity contribution in [3.8, 4) is 11.8 Å². The summed E-state index contributed by atoms with van der Waals surface area (Å²) >= 11 is 0. The SMILES string of the molecule is Cc1cc2cc(S(=O)(=O)O)c(N)cc2c(O)c1N=Nc1ccc(N=Nc2ccc(C#N)cc2)c2ccc(S(=O)(=O)O)cc12. The molecule has 0 aliphatic heterocycles. The number of nitrogens with zero attached hydrogens (tertiary/aromatic N) is 5. The number of aromatic hydroxyl groups is 1. The zero-order chi connectivity index (χ0) is 31.1. The maximum absolute atomic E-state index is 11.9. The van der Waals surface area contributed by atoms with Crippen LogP contribution in [0.15, 0.2) is 103 Å². The molecule has 5 rings (SSSR count). The summed E-state index contributed by atoms with van der Waals surface area (Å²) in [4.78, 5) is -0.904. The van der Waals surface area contributed by atoms with Gasteiger partial charge in [-0.1, -0.05) is 6.07 Å². The van der Waals surface area contributed by atoms with E-state index in [-0.39, 0.29) is 39.0 Å². The van der Waals surface area contributed by atoms with Gasteiger partial charge in [0.25, 0.3) is 20.2 Å². The van der Waals surface area contributed by atoms with Crippen molar-refractivity contribution >= 4 is 70.2 Å². The van der Waals surface area contributed by atoms with Crippen molar-refractivity contribution < 1.29 is 31.0 Å². The van der Waals surface area contributed by atoms with Crippen LogP contribution in [0.2, 0.25) is 0 Å². The van der Waals surface area contributed by atoms with Gasteiger partial charge < -0.3 is 10.8 Å². The Morgan fingerprint density at radius 1 is 0.744 bits per heavy atom. The summed E-state index contributed by atoms with van der Waals surface area (Å²) in [6, 6.07) is 19.1. The van der Waals surface area contributed by atoms with E-state index < -0.39 is 30.0 Å². The molecular formula is C28H20N6O7S2. The molecule has 216 valence electrons. The largest absolute Gasteiger partial charge is 0.505 e. The van der Waals surface area contributed by atoms with Gasteiger partial charge in [-0.05, 0) is 84.6 Å². The first-order chi connectivity index (χ1) is 20.3. The van der Waals surface area contributed by atoms with Gasteiger partial charge >= 0.3 is 0 Å². The molecule has 0 atom stereocenters. The molecule has 0 spiro atoms. The van der Waals surface area contributed by atoms with E-state index in [9.17, 15) is 31.0 Å². The Labute approximate surface area is 244 Å².